The minimum absolute atomic E-state index is 0.0251. The summed E-state index contributed by atoms with van der Waals surface area (Å²) in [4.78, 5) is 23.2. The molecular formula is C15H17ClN4O4S. The Hall–Kier alpha value is -2.10. The largest absolute Gasteiger partial charge is 0.411 e. The molecule has 0 aliphatic carbocycles. The highest BCUT2D eigenvalue weighted by molar-refractivity contribution is 7.99. The van der Waals surface area contributed by atoms with Gasteiger partial charge in [-0.3, -0.25) is 10.1 Å². The van der Waals surface area contributed by atoms with Crippen molar-refractivity contribution in [3.8, 4) is 11.5 Å². The van der Waals surface area contributed by atoms with Gasteiger partial charge < -0.3 is 14.5 Å². The van der Waals surface area contributed by atoms with Crippen molar-refractivity contribution < 1.29 is 18.7 Å². The number of carbonyl (C=O) groups is 2. The highest BCUT2D eigenvalue weighted by atomic mass is 35.5. The van der Waals surface area contributed by atoms with Crippen molar-refractivity contribution in [3.63, 3.8) is 0 Å². The summed E-state index contributed by atoms with van der Waals surface area (Å²) >= 11 is 6.95. The van der Waals surface area contributed by atoms with Crippen molar-refractivity contribution in [2.45, 2.75) is 11.6 Å². The fourth-order valence-corrected chi connectivity index (χ4v) is 2.51. The van der Waals surface area contributed by atoms with Gasteiger partial charge in [0.05, 0.1) is 5.75 Å². The molecule has 3 amide bonds. The number of aromatic nitrogens is 2. The lowest BCUT2D eigenvalue weighted by molar-refractivity contribution is -0.117. The molecule has 0 fully saturated rings. The zero-order chi connectivity index (χ0) is 18.1. The number of ether oxygens (including phenoxy) is 1. The molecule has 1 aromatic heterocycles. The number of nitrogens with zero attached hydrogens (tertiary/aromatic N) is 2. The number of hydrogen-bond donors (Lipinski definition) is 2. The lowest BCUT2D eigenvalue weighted by Gasteiger charge is -2.05. The second-order valence-electron chi connectivity index (χ2n) is 4.82. The normalized spacial score (nSPS) is 10.5. The van der Waals surface area contributed by atoms with Crippen LogP contribution in [0.25, 0.3) is 11.5 Å². The molecule has 2 N–H and O–H groups in total. The Kier molecular flexibility index (Phi) is 7.71. The van der Waals surface area contributed by atoms with Crippen LogP contribution in [0.15, 0.2) is 33.9 Å². The van der Waals surface area contributed by atoms with Gasteiger partial charge in [-0.1, -0.05) is 29.4 Å². The molecule has 0 saturated heterocycles. The summed E-state index contributed by atoms with van der Waals surface area (Å²) in [6.45, 7) is 0.961. The molecule has 8 nitrogen and oxygen atoms in total. The summed E-state index contributed by atoms with van der Waals surface area (Å²) in [6.07, 6.45) is 0.668. The number of nitrogens with one attached hydrogen (secondary N) is 2. The summed E-state index contributed by atoms with van der Waals surface area (Å²) in [6, 6.07) is 6.44. The number of rotatable bonds is 8. The first-order valence-electron chi connectivity index (χ1n) is 7.37. The minimum atomic E-state index is -0.549. The topological polar surface area (TPSA) is 106 Å². The standard InChI is InChI=1S/C15H17ClN4O4S/c1-23-7-3-6-17-14(22)18-12(21)9-25-15-20-19-13(24-15)10-4-2-5-11(16)8-10/h2,4-5,8H,3,6-7,9H2,1H3,(H2,17,18,21,22). The fourth-order valence-electron chi connectivity index (χ4n) is 1.76. The maximum atomic E-state index is 11.7. The van der Waals surface area contributed by atoms with E-state index in [0.717, 1.165) is 11.8 Å². The minimum Gasteiger partial charge on any atom is -0.411 e. The summed E-state index contributed by atoms with van der Waals surface area (Å²) in [5.41, 5.74) is 0.687. The fraction of sp³-hybridized carbons (Fsp3) is 0.333. The summed E-state index contributed by atoms with van der Waals surface area (Å²) < 4.78 is 10.3. The van der Waals surface area contributed by atoms with Crippen LogP contribution >= 0.6 is 23.4 Å². The number of benzene rings is 1. The second-order valence-corrected chi connectivity index (χ2v) is 6.19. The number of methoxy groups -OCH3 is 1. The third kappa shape index (κ3) is 6.73. The Morgan fingerprint density at radius 3 is 2.96 bits per heavy atom. The van der Waals surface area contributed by atoms with Crippen molar-refractivity contribution in [3.05, 3.63) is 29.3 Å². The number of hydrogen-bond acceptors (Lipinski definition) is 7. The lowest BCUT2D eigenvalue weighted by Crippen LogP contribution is -2.40. The van der Waals surface area contributed by atoms with Gasteiger partial charge in [0.2, 0.25) is 11.8 Å². The van der Waals surface area contributed by atoms with Crippen LogP contribution < -0.4 is 10.6 Å². The summed E-state index contributed by atoms with van der Waals surface area (Å²) in [5.74, 6) is -0.180. The Morgan fingerprint density at radius 1 is 1.36 bits per heavy atom. The maximum Gasteiger partial charge on any atom is 0.321 e. The predicted octanol–water partition coefficient (Wildman–Crippen LogP) is 2.34. The van der Waals surface area contributed by atoms with Crippen LogP contribution in [0.4, 0.5) is 4.79 Å². The van der Waals surface area contributed by atoms with Gasteiger partial charge in [0, 0.05) is 30.8 Å². The van der Waals surface area contributed by atoms with E-state index in [2.05, 4.69) is 20.8 Å². The predicted molar refractivity (Wildman–Crippen MR) is 93.5 cm³/mol. The third-order valence-corrected chi connectivity index (χ3v) is 3.92. The van der Waals surface area contributed by atoms with Crippen molar-refractivity contribution >= 4 is 35.3 Å². The second kappa shape index (κ2) is 10.0. The van der Waals surface area contributed by atoms with E-state index in [1.807, 2.05) is 0 Å². The molecule has 0 unspecified atom stereocenters. The lowest BCUT2D eigenvalue weighted by atomic mass is 10.2. The number of urea groups is 1. The number of halogens is 1. The molecule has 2 aromatic rings. The third-order valence-electron chi connectivity index (χ3n) is 2.87. The number of thioether (sulfide) groups is 1. The quantitative estimate of drug-likeness (QED) is 0.531. The molecule has 0 saturated carbocycles. The number of carbonyl (C=O) groups excluding carboxylic acids is 2. The summed E-state index contributed by atoms with van der Waals surface area (Å²) in [5, 5.41) is 13.3. The molecule has 1 aromatic carbocycles. The van der Waals surface area contributed by atoms with Gasteiger partial charge in [-0.2, -0.15) is 0 Å². The van der Waals surface area contributed by atoms with Crippen LogP contribution in [0.1, 0.15) is 6.42 Å². The molecule has 0 aliphatic heterocycles. The van der Waals surface area contributed by atoms with Gasteiger partial charge in [0.25, 0.3) is 5.22 Å². The zero-order valence-electron chi connectivity index (χ0n) is 13.5. The van der Waals surface area contributed by atoms with Crippen LogP contribution in [-0.2, 0) is 9.53 Å². The van der Waals surface area contributed by atoms with E-state index in [1.54, 1.807) is 31.4 Å². The molecule has 2 rings (SSSR count). The highest BCUT2D eigenvalue weighted by Crippen LogP contribution is 2.24. The molecule has 0 atom stereocenters. The Morgan fingerprint density at radius 2 is 2.20 bits per heavy atom. The number of imide groups is 1. The molecule has 0 spiro atoms. The van der Waals surface area contributed by atoms with Crippen LogP contribution in [0.3, 0.4) is 0 Å². The van der Waals surface area contributed by atoms with Crippen molar-refractivity contribution in [1.82, 2.24) is 20.8 Å². The van der Waals surface area contributed by atoms with Crippen molar-refractivity contribution in [1.29, 1.82) is 0 Å². The molecule has 0 bridgehead atoms. The Labute approximate surface area is 153 Å². The van der Waals surface area contributed by atoms with Gasteiger partial charge in [-0.05, 0) is 24.6 Å². The first-order valence-corrected chi connectivity index (χ1v) is 8.73. The van der Waals surface area contributed by atoms with Crippen LogP contribution in [0.2, 0.25) is 5.02 Å². The van der Waals surface area contributed by atoms with Crippen LogP contribution in [-0.4, -0.2) is 48.1 Å². The van der Waals surface area contributed by atoms with Gasteiger partial charge in [0.1, 0.15) is 0 Å². The molecular weight excluding hydrogens is 368 g/mol. The van der Waals surface area contributed by atoms with Gasteiger partial charge in [-0.25, -0.2) is 4.79 Å². The molecule has 0 aliphatic rings. The van der Waals surface area contributed by atoms with E-state index in [4.69, 9.17) is 20.8 Å². The van der Waals surface area contributed by atoms with E-state index in [1.165, 1.54) is 0 Å². The molecule has 134 valence electrons. The van der Waals surface area contributed by atoms with E-state index >= 15 is 0 Å². The highest BCUT2D eigenvalue weighted by Gasteiger charge is 2.13. The van der Waals surface area contributed by atoms with Crippen LogP contribution in [0, 0.1) is 0 Å². The maximum absolute atomic E-state index is 11.7. The SMILES string of the molecule is COCCCNC(=O)NC(=O)CSc1nnc(-c2cccc(Cl)c2)o1. The zero-order valence-corrected chi connectivity index (χ0v) is 15.0. The number of amides is 3. The molecule has 1 heterocycles. The van der Waals surface area contributed by atoms with Gasteiger partial charge >= 0.3 is 6.03 Å². The first kappa shape index (κ1) is 19.2. The average Bonchev–Trinajstić information content (AvgIpc) is 3.06. The average molecular weight is 385 g/mol. The van der Waals surface area contributed by atoms with Gasteiger partial charge in [0.15, 0.2) is 0 Å². The monoisotopic (exact) mass is 384 g/mol. The Bertz CT molecular complexity index is 725. The smallest absolute Gasteiger partial charge is 0.321 e. The van der Waals surface area contributed by atoms with E-state index in [9.17, 15) is 9.59 Å². The first-order chi connectivity index (χ1) is 12.1. The molecule has 25 heavy (non-hydrogen) atoms. The van der Waals surface area contributed by atoms with E-state index in [-0.39, 0.29) is 11.0 Å². The Balaban J connectivity index is 1.76. The van der Waals surface area contributed by atoms with Crippen LogP contribution in [0.5, 0.6) is 0 Å². The molecule has 10 heteroatoms. The summed E-state index contributed by atoms with van der Waals surface area (Å²) in [7, 11) is 1.58. The molecule has 0 radical (unpaired) electrons. The van der Waals surface area contributed by atoms with Crippen molar-refractivity contribution in [2.75, 3.05) is 26.0 Å². The van der Waals surface area contributed by atoms with E-state index < -0.39 is 11.9 Å². The van der Waals surface area contributed by atoms with Gasteiger partial charge in [-0.15, -0.1) is 10.2 Å². The van der Waals surface area contributed by atoms with E-state index in [0.29, 0.717) is 36.0 Å². The van der Waals surface area contributed by atoms with Crippen molar-refractivity contribution in [2.24, 2.45) is 0 Å².